The number of carboxylic acids is 1. The second kappa shape index (κ2) is 6.12. The quantitative estimate of drug-likeness (QED) is 0.930. The Bertz CT molecular complexity index is 522. The Balaban J connectivity index is 1.87. The first-order valence-corrected chi connectivity index (χ1v) is 7.49. The van der Waals surface area contributed by atoms with Crippen molar-refractivity contribution < 1.29 is 19.0 Å². The average Bonchev–Trinajstić information content (AvgIpc) is 2.79. The molecule has 0 spiro atoms. The van der Waals surface area contributed by atoms with E-state index in [1.54, 1.807) is 18.2 Å². The van der Waals surface area contributed by atoms with Crippen LogP contribution in [0.25, 0.3) is 0 Å². The summed E-state index contributed by atoms with van der Waals surface area (Å²) in [5.41, 5.74) is 0.252. The van der Waals surface area contributed by atoms with Crippen LogP contribution in [0.1, 0.15) is 30.9 Å². The van der Waals surface area contributed by atoms with Crippen LogP contribution in [0.3, 0.4) is 0 Å². The summed E-state index contributed by atoms with van der Waals surface area (Å²) in [6.45, 7) is 2.08. The lowest BCUT2D eigenvalue weighted by Gasteiger charge is -2.29. The molecule has 0 radical (unpaired) electrons. The van der Waals surface area contributed by atoms with E-state index in [1.165, 1.54) is 6.07 Å². The van der Waals surface area contributed by atoms with Gasteiger partial charge in [-0.1, -0.05) is 18.2 Å². The summed E-state index contributed by atoms with van der Waals surface area (Å²) in [6.07, 6.45) is 3.06. The van der Waals surface area contributed by atoms with Gasteiger partial charge in [-0.2, -0.15) is 0 Å². The van der Waals surface area contributed by atoms with E-state index in [0.29, 0.717) is 19.0 Å². The van der Waals surface area contributed by atoms with Gasteiger partial charge in [0, 0.05) is 24.6 Å². The predicted molar refractivity (Wildman–Crippen MR) is 75.4 cm³/mol. The van der Waals surface area contributed by atoms with Crippen molar-refractivity contribution >= 4 is 5.97 Å². The monoisotopic (exact) mass is 293 g/mol. The standard InChI is InChI=1S/C16H20FNO3/c17-13-5-2-1-4-12(13)15(16(19)20)18-8-3-6-14-11(10-18)7-9-21-14/h1-2,4-5,11,14-15H,3,6-10H2,(H,19,20)/t11-,14+,15?/m1/s1. The van der Waals surface area contributed by atoms with Crippen LogP contribution in [0.5, 0.6) is 0 Å². The molecule has 1 aromatic carbocycles. The Labute approximate surface area is 123 Å². The van der Waals surface area contributed by atoms with Gasteiger partial charge in [-0.15, -0.1) is 0 Å². The van der Waals surface area contributed by atoms with E-state index in [0.717, 1.165) is 25.9 Å². The molecular formula is C16H20FNO3. The maximum absolute atomic E-state index is 14.0. The Morgan fingerprint density at radius 3 is 2.95 bits per heavy atom. The maximum atomic E-state index is 14.0. The predicted octanol–water partition coefficient (Wildman–Crippen LogP) is 2.45. The summed E-state index contributed by atoms with van der Waals surface area (Å²) in [7, 11) is 0. The number of carboxylic acid groups (broad SMARTS) is 1. The van der Waals surface area contributed by atoms with Crippen molar-refractivity contribution in [3.05, 3.63) is 35.6 Å². The van der Waals surface area contributed by atoms with Crippen LogP contribution in [-0.2, 0) is 9.53 Å². The van der Waals surface area contributed by atoms with Gasteiger partial charge in [-0.3, -0.25) is 9.69 Å². The number of halogens is 1. The van der Waals surface area contributed by atoms with Crippen LogP contribution in [0.4, 0.5) is 4.39 Å². The third-order valence-corrected chi connectivity index (χ3v) is 4.55. The van der Waals surface area contributed by atoms with E-state index in [4.69, 9.17) is 4.74 Å². The topological polar surface area (TPSA) is 49.8 Å². The molecule has 3 atom stereocenters. The summed E-state index contributed by atoms with van der Waals surface area (Å²) in [6, 6.07) is 5.26. The highest BCUT2D eigenvalue weighted by molar-refractivity contribution is 5.75. The molecule has 5 heteroatoms. The number of hydrogen-bond acceptors (Lipinski definition) is 3. The summed E-state index contributed by atoms with van der Waals surface area (Å²) >= 11 is 0. The summed E-state index contributed by atoms with van der Waals surface area (Å²) in [5, 5.41) is 9.60. The Kier molecular flexibility index (Phi) is 4.22. The van der Waals surface area contributed by atoms with Crippen molar-refractivity contribution in [2.75, 3.05) is 19.7 Å². The largest absolute Gasteiger partial charge is 0.480 e. The number of nitrogens with zero attached hydrogens (tertiary/aromatic N) is 1. The molecule has 1 unspecified atom stereocenters. The molecular weight excluding hydrogens is 273 g/mol. The molecule has 2 fully saturated rings. The van der Waals surface area contributed by atoms with Crippen molar-refractivity contribution in [2.24, 2.45) is 5.92 Å². The van der Waals surface area contributed by atoms with Crippen LogP contribution in [-0.4, -0.2) is 41.8 Å². The zero-order chi connectivity index (χ0) is 14.8. The van der Waals surface area contributed by atoms with E-state index >= 15 is 0 Å². The first-order valence-electron chi connectivity index (χ1n) is 7.49. The summed E-state index contributed by atoms with van der Waals surface area (Å²) < 4.78 is 19.7. The number of hydrogen-bond donors (Lipinski definition) is 1. The smallest absolute Gasteiger partial charge is 0.325 e. The van der Waals surface area contributed by atoms with Crippen LogP contribution >= 0.6 is 0 Å². The zero-order valence-electron chi connectivity index (χ0n) is 11.9. The second-order valence-corrected chi connectivity index (χ2v) is 5.86. The molecule has 1 N–H and O–H groups in total. The Hall–Kier alpha value is -1.46. The lowest BCUT2D eigenvalue weighted by Crippen LogP contribution is -2.38. The van der Waals surface area contributed by atoms with Crippen molar-refractivity contribution in [2.45, 2.75) is 31.4 Å². The summed E-state index contributed by atoms with van der Waals surface area (Å²) in [5.74, 6) is -1.08. The highest BCUT2D eigenvalue weighted by atomic mass is 19.1. The SMILES string of the molecule is O=C(O)C(c1ccccc1F)N1CCC[C@@H]2OCC[C@@H]2C1. The van der Waals surface area contributed by atoms with Gasteiger partial charge in [-0.05, 0) is 31.9 Å². The number of benzene rings is 1. The van der Waals surface area contributed by atoms with Crippen LogP contribution in [0.2, 0.25) is 0 Å². The molecule has 0 saturated carbocycles. The number of fused-ring (bicyclic) bond motifs is 1. The molecule has 114 valence electrons. The molecule has 0 aromatic heterocycles. The molecule has 0 amide bonds. The molecule has 4 nitrogen and oxygen atoms in total. The van der Waals surface area contributed by atoms with Gasteiger partial charge in [0.1, 0.15) is 11.9 Å². The molecule has 1 aromatic rings. The third-order valence-electron chi connectivity index (χ3n) is 4.55. The van der Waals surface area contributed by atoms with E-state index < -0.39 is 17.8 Å². The molecule has 3 rings (SSSR count). The number of rotatable bonds is 3. The first-order chi connectivity index (χ1) is 10.2. The molecule has 2 aliphatic heterocycles. The van der Waals surface area contributed by atoms with Crippen molar-refractivity contribution in [3.8, 4) is 0 Å². The van der Waals surface area contributed by atoms with E-state index in [2.05, 4.69) is 0 Å². The normalized spacial score (nSPS) is 27.9. The van der Waals surface area contributed by atoms with Gasteiger partial charge in [0.2, 0.25) is 0 Å². The number of ether oxygens (including phenoxy) is 1. The number of carbonyl (C=O) groups is 1. The molecule has 0 bridgehead atoms. The Morgan fingerprint density at radius 2 is 2.19 bits per heavy atom. The minimum Gasteiger partial charge on any atom is -0.480 e. The zero-order valence-corrected chi connectivity index (χ0v) is 11.9. The van der Waals surface area contributed by atoms with Gasteiger partial charge in [-0.25, -0.2) is 4.39 Å². The van der Waals surface area contributed by atoms with Crippen molar-refractivity contribution in [3.63, 3.8) is 0 Å². The molecule has 2 aliphatic rings. The molecule has 0 aliphatic carbocycles. The average molecular weight is 293 g/mol. The summed E-state index contributed by atoms with van der Waals surface area (Å²) in [4.78, 5) is 13.6. The van der Waals surface area contributed by atoms with Gasteiger partial charge in [0.15, 0.2) is 0 Å². The fourth-order valence-corrected chi connectivity index (χ4v) is 3.53. The highest BCUT2D eigenvalue weighted by Crippen LogP contribution is 2.33. The molecule has 2 heterocycles. The van der Waals surface area contributed by atoms with Crippen LogP contribution < -0.4 is 0 Å². The van der Waals surface area contributed by atoms with E-state index in [-0.39, 0.29) is 11.7 Å². The molecule has 2 saturated heterocycles. The lowest BCUT2D eigenvalue weighted by molar-refractivity contribution is -0.144. The fraction of sp³-hybridized carbons (Fsp3) is 0.562. The van der Waals surface area contributed by atoms with Crippen LogP contribution in [0, 0.1) is 11.7 Å². The van der Waals surface area contributed by atoms with Gasteiger partial charge in [0.05, 0.1) is 6.10 Å². The van der Waals surface area contributed by atoms with E-state index in [1.807, 2.05) is 4.90 Å². The minimum atomic E-state index is -0.988. The first kappa shape index (κ1) is 14.5. The Morgan fingerprint density at radius 1 is 1.38 bits per heavy atom. The number of aliphatic carboxylic acids is 1. The minimum absolute atomic E-state index is 0.241. The van der Waals surface area contributed by atoms with Gasteiger partial charge in [0.25, 0.3) is 0 Å². The fourth-order valence-electron chi connectivity index (χ4n) is 3.53. The van der Waals surface area contributed by atoms with Crippen LogP contribution in [0.15, 0.2) is 24.3 Å². The van der Waals surface area contributed by atoms with Gasteiger partial charge < -0.3 is 9.84 Å². The molecule has 21 heavy (non-hydrogen) atoms. The van der Waals surface area contributed by atoms with Gasteiger partial charge >= 0.3 is 5.97 Å². The van der Waals surface area contributed by atoms with Crippen molar-refractivity contribution in [1.29, 1.82) is 0 Å². The maximum Gasteiger partial charge on any atom is 0.325 e. The lowest BCUT2D eigenvalue weighted by atomic mass is 9.98. The third kappa shape index (κ3) is 2.94. The van der Waals surface area contributed by atoms with E-state index in [9.17, 15) is 14.3 Å². The van der Waals surface area contributed by atoms with Crippen molar-refractivity contribution in [1.82, 2.24) is 4.90 Å². The number of likely N-dealkylation sites (tertiary alicyclic amines) is 1. The second-order valence-electron chi connectivity index (χ2n) is 5.86. The highest BCUT2D eigenvalue weighted by Gasteiger charge is 2.37.